The van der Waals surface area contributed by atoms with Crippen LogP contribution in [0.25, 0.3) is 0 Å². The molecule has 2 aromatic carbocycles. The molecule has 0 radical (unpaired) electrons. The molecule has 26 heavy (non-hydrogen) atoms. The molecule has 0 unspecified atom stereocenters. The van der Waals surface area contributed by atoms with E-state index in [0.717, 1.165) is 24.3 Å². The fourth-order valence-electron chi connectivity index (χ4n) is 3.06. The van der Waals surface area contributed by atoms with Gasteiger partial charge in [0.05, 0.1) is 6.54 Å². The largest absolute Gasteiger partial charge is 0.492 e. The number of amides is 1. The molecule has 0 fully saturated rings. The first kappa shape index (κ1) is 18.6. The molecule has 0 aliphatic heterocycles. The molecule has 4 nitrogen and oxygen atoms in total. The monoisotopic (exact) mass is 373 g/mol. The SMILES string of the molecule is C[C@H](Oc1ccc2c(c1)CCCC2)C(=O)NCCOc1ccc(Cl)cc1. The summed E-state index contributed by atoms with van der Waals surface area (Å²) >= 11 is 5.83. The number of halogens is 1. The van der Waals surface area contributed by atoms with Gasteiger partial charge in [0, 0.05) is 5.02 Å². The molecule has 1 aliphatic rings. The van der Waals surface area contributed by atoms with Crippen LogP contribution in [0.1, 0.15) is 30.9 Å². The molecular weight excluding hydrogens is 350 g/mol. The number of hydrogen-bond donors (Lipinski definition) is 1. The smallest absolute Gasteiger partial charge is 0.260 e. The molecule has 1 N–H and O–H groups in total. The highest BCUT2D eigenvalue weighted by atomic mass is 35.5. The van der Waals surface area contributed by atoms with Crippen molar-refractivity contribution < 1.29 is 14.3 Å². The van der Waals surface area contributed by atoms with Gasteiger partial charge >= 0.3 is 0 Å². The normalized spacial score (nSPS) is 14.2. The molecule has 5 heteroatoms. The zero-order chi connectivity index (χ0) is 18.4. The number of ether oxygens (including phenoxy) is 2. The first-order valence-corrected chi connectivity index (χ1v) is 9.44. The van der Waals surface area contributed by atoms with E-state index in [1.165, 1.54) is 24.0 Å². The van der Waals surface area contributed by atoms with Gasteiger partial charge in [-0.05, 0) is 80.1 Å². The third kappa shape index (κ3) is 5.15. The molecule has 1 amide bonds. The average Bonchev–Trinajstić information content (AvgIpc) is 2.66. The number of rotatable bonds is 7. The molecule has 0 aromatic heterocycles. The standard InChI is InChI=1S/C21H24ClNO3/c1-15(26-20-9-6-16-4-2-3-5-17(16)14-20)21(24)23-12-13-25-19-10-7-18(22)8-11-19/h6-11,14-15H,2-5,12-13H2,1H3,(H,23,24)/t15-/m0/s1. The van der Waals surface area contributed by atoms with E-state index in [9.17, 15) is 4.79 Å². The molecule has 3 rings (SSSR count). The lowest BCUT2D eigenvalue weighted by Gasteiger charge is -2.19. The fourth-order valence-corrected chi connectivity index (χ4v) is 3.18. The van der Waals surface area contributed by atoms with E-state index in [1.807, 2.05) is 6.07 Å². The number of hydrogen-bond acceptors (Lipinski definition) is 3. The number of fused-ring (bicyclic) bond motifs is 1. The Bertz CT molecular complexity index is 745. The topological polar surface area (TPSA) is 47.6 Å². The second-order valence-electron chi connectivity index (χ2n) is 6.49. The molecule has 0 spiro atoms. The summed E-state index contributed by atoms with van der Waals surface area (Å²) in [5.74, 6) is 1.33. The molecule has 0 bridgehead atoms. The summed E-state index contributed by atoms with van der Waals surface area (Å²) in [6.07, 6.45) is 4.16. The van der Waals surface area contributed by atoms with Crippen molar-refractivity contribution in [2.75, 3.05) is 13.2 Å². The predicted octanol–water partition coefficient (Wildman–Crippen LogP) is 4.18. The molecule has 0 saturated heterocycles. The van der Waals surface area contributed by atoms with Crippen LogP contribution >= 0.6 is 11.6 Å². The lowest BCUT2D eigenvalue weighted by molar-refractivity contribution is -0.127. The minimum atomic E-state index is -0.549. The Labute approximate surface area is 159 Å². The molecule has 0 saturated carbocycles. The van der Waals surface area contributed by atoms with Crippen LogP contribution in [0.2, 0.25) is 5.02 Å². The number of carbonyl (C=O) groups is 1. The van der Waals surface area contributed by atoms with Crippen LogP contribution in [-0.4, -0.2) is 25.2 Å². The molecule has 138 valence electrons. The molecule has 2 aromatic rings. The zero-order valence-electron chi connectivity index (χ0n) is 15.0. The Morgan fingerprint density at radius 2 is 1.77 bits per heavy atom. The van der Waals surface area contributed by atoms with Crippen LogP contribution in [0.15, 0.2) is 42.5 Å². The van der Waals surface area contributed by atoms with Crippen molar-refractivity contribution in [2.45, 2.75) is 38.7 Å². The summed E-state index contributed by atoms with van der Waals surface area (Å²) in [6, 6.07) is 13.3. The number of nitrogens with one attached hydrogen (secondary N) is 1. The van der Waals surface area contributed by atoms with Gasteiger partial charge in [-0.15, -0.1) is 0 Å². The second kappa shape index (κ2) is 8.95. The van der Waals surface area contributed by atoms with Crippen molar-refractivity contribution in [2.24, 2.45) is 0 Å². The third-order valence-corrected chi connectivity index (χ3v) is 4.74. The lowest BCUT2D eigenvalue weighted by atomic mass is 9.92. The van der Waals surface area contributed by atoms with Crippen molar-refractivity contribution in [3.05, 3.63) is 58.6 Å². The van der Waals surface area contributed by atoms with Crippen LogP contribution in [0.4, 0.5) is 0 Å². The first-order chi connectivity index (χ1) is 12.6. The van der Waals surface area contributed by atoms with Crippen LogP contribution in [-0.2, 0) is 17.6 Å². The van der Waals surface area contributed by atoms with E-state index in [0.29, 0.717) is 18.2 Å². The zero-order valence-corrected chi connectivity index (χ0v) is 15.7. The Morgan fingerprint density at radius 1 is 1.08 bits per heavy atom. The summed E-state index contributed by atoms with van der Waals surface area (Å²) in [5.41, 5.74) is 2.75. The van der Waals surface area contributed by atoms with Gasteiger partial charge in [0.2, 0.25) is 0 Å². The van der Waals surface area contributed by atoms with Crippen molar-refractivity contribution in [1.82, 2.24) is 5.32 Å². The van der Waals surface area contributed by atoms with Crippen LogP contribution in [0.5, 0.6) is 11.5 Å². The van der Waals surface area contributed by atoms with Gasteiger partial charge < -0.3 is 14.8 Å². The van der Waals surface area contributed by atoms with Gasteiger partial charge in [-0.25, -0.2) is 0 Å². The predicted molar refractivity (Wildman–Crippen MR) is 103 cm³/mol. The minimum absolute atomic E-state index is 0.151. The van der Waals surface area contributed by atoms with Crippen molar-refractivity contribution in [1.29, 1.82) is 0 Å². The first-order valence-electron chi connectivity index (χ1n) is 9.06. The van der Waals surface area contributed by atoms with E-state index < -0.39 is 6.10 Å². The quantitative estimate of drug-likeness (QED) is 0.740. The van der Waals surface area contributed by atoms with Gasteiger partial charge in [0.25, 0.3) is 5.91 Å². The Morgan fingerprint density at radius 3 is 2.54 bits per heavy atom. The average molecular weight is 374 g/mol. The van der Waals surface area contributed by atoms with E-state index in [-0.39, 0.29) is 5.91 Å². The van der Waals surface area contributed by atoms with Crippen LogP contribution in [0, 0.1) is 0 Å². The second-order valence-corrected chi connectivity index (χ2v) is 6.93. The summed E-state index contributed by atoms with van der Waals surface area (Å²) in [5, 5.41) is 3.50. The van der Waals surface area contributed by atoms with Crippen molar-refractivity contribution in [3.63, 3.8) is 0 Å². The molecular formula is C21H24ClNO3. The van der Waals surface area contributed by atoms with Crippen LogP contribution < -0.4 is 14.8 Å². The maximum Gasteiger partial charge on any atom is 0.260 e. The minimum Gasteiger partial charge on any atom is -0.492 e. The van der Waals surface area contributed by atoms with Crippen LogP contribution in [0.3, 0.4) is 0 Å². The summed E-state index contributed by atoms with van der Waals surface area (Å²) in [7, 11) is 0. The number of aryl methyl sites for hydroxylation is 2. The lowest BCUT2D eigenvalue weighted by Crippen LogP contribution is -2.38. The van der Waals surface area contributed by atoms with Gasteiger partial charge in [0.1, 0.15) is 18.1 Å². The summed E-state index contributed by atoms with van der Waals surface area (Å²) in [6.45, 7) is 2.56. The molecule has 0 heterocycles. The highest BCUT2D eigenvalue weighted by Crippen LogP contribution is 2.25. The van der Waals surface area contributed by atoms with E-state index in [2.05, 4.69) is 17.4 Å². The van der Waals surface area contributed by atoms with E-state index >= 15 is 0 Å². The van der Waals surface area contributed by atoms with Gasteiger partial charge in [0.15, 0.2) is 6.10 Å². The Kier molecular flexibility index (Phi) is 6.40. The number of benzene rings is 2. The van der Waals surface area contributed by atoms with E-state index in [4.69, 9.17) is 21.1 Å². The highest BCUT2D eigenvalue weighted by Gasteiger charge is 2.16. The highest BCUT2D eigenvalue weighted by molar-refractivity contribution is 6.30. The van der Waals surface area contributed by atoms with E-state index in [1.54, 1.807) is 31.2 Å². The fraction of sp³-hybridized carbons (Fsp3) is 0.381. The van der Waals surface area contributed by atoms with Crippen molar-refractivity contribution >= 4 is 17.5 Å². The van der Waals surface area contributed by atoms with Gasteiger partial charge in [-0.1, -0.05) is 17.7 Å². The Balaban J connectivity index is 1.42. The summed E-state index contributed by atoms with van der Waals surface area (Å²) < 4.78 is 11.4. The number of carbonyl (C=O) groups excluding carboxylic acids is 1. The molecule has 1 aliphatic carbocycles. The van der Waals surface area contributed by atoms with Gasteiger partial charge in [-0.2, -0.15) is 0 Å². The maximum atomic E-state index is 12.2. The molecule has 1 atom stereocenters. The van der Waals surface area contributed by atoms with Crippen molar-refractivity contribution in [3.8, 4) is 11.5 Å². The Hall–Kier alpha value is -2.20. The summed E-state index contributed by atoms with van der Waals surface area (Å²) in [4.78, 5) is 12.2. The maximum absolute atomic E-state index is 12.2. The van der Waals surface area contributed by atoms with Gasteiger partial charge in [-0.3, -0.25) is 4.79 Å². The third-order valence-electron chi connectivity index (χ3n) is 4.49.